The SMILES string of the molecule is CC(=O)OCC(=O)[C@]1(O)CCC2C3CCC4=CC(=O)CC[C@@]4(C)C3=CC[C@@]21C. The highest BCUT2D eigenvalue weighted by Gasteiger charge is 2.64. The van der Waals surface area contributed by atoms with Gasteiger partial charge in [-0.2, -0.15) is 0 Å². The van der Waals surface area contributed by atoms with Crippen molar-refractivity contribution in [3.63, 3.8) is 0 Å². The fraction of sp³-hybridized carbons (Fsp3) is 0.696. The first-order valence-electron chi connectivity index (χ1n) is 10.5. The van der Waals surface area contributed by atoms with Crippen LogP contribution in [0.1, 0.15) is 65.7 Å². The Kier molecular flexibility index (Phi) is 4.46. The van der Waals surface area contributed by atoms with Gasteiger partial charge in [-0.3, -0.25) is 14.4 Å². The van der Waals surface area contributed by atoms with E-state index in [4.69, 9.17) is 4.74 Å². The quantitative estimate of drug-likeness (QED) is 0.595. The summed E-state index contributed by atoms with van der Waals surface area (Å²) >= 11 is 0. The first kappa shape index (κ1) is 19.6. The number of Topliss-reactive ketones (excluding diaryl/α,β-unsaturated/α-hetero) is 1. The minimum atomic E-state index is -1.45. The molecule has 0 saturated heterocycles. The molecule has 5 atom stereocenters. The van der Waals surface area contributed by atoms with Gasteiger partial charge in [0.25, 0.3) is 0 Å². The largest absolute Gasteiger partial charge is 0.458 e. The minimum absolute atomic E-state index is 0.0549. The molecule has 0 aliphatic heterocycles. The average Bonchev–Trinajstić information content (AvgIpc) is 2.92. The number of ether oxygens (including phenoxy) is 1. The van der Waals surface area contributed by atoms with Crippen molar-refractivity contribution in [2.75, 3.05) is 6.61 Å². The van der Waals surface area contributed by atoms with E-state index in [9.17, 15) is 19.5 Å². The monoisotopic (exact) mass is 386 g/mol. The zero-order chi connectivity index (χ0) is 20.3. The summed E-state index contributed by atoms with van der Waals surface area (Å²) in [4.78, 5) is 35.9. The summed E-state index contributed by atoms with van der Waals surface area (Å²) in [7, 11) is 0. The van der Waals surface area contributed by atoms with E-state index in [0.717, 1.165) is 25.7 Å². The molecule has 0 aromatic rings. The zero-order valence-corrected chi connectivity index (χ0v) is 17.0. The third kappa shape index (κ3) is 2.58. The van der Waals surface area contributed by atoms with E-state index in [2.05, 4.69) is 13.0 Å². The molecule has 0 bridgehead atoms. The fourth-order valence-corrected chi connectivity index (χ4v) is 6.61. The van der Waals surface area contributed by atoms with Crippen LogP contribution in [0.5, 0.6) is 0 Å². The molecule has 0 aromatic carbocycles. The Morgan fingerprint density at radius 1 is 1.21 bits per heavy atom. The topological polar surface area (TPSA) is 80.7 Å². The average molecular weight is 386 g/mol. The minimum Gasteiger partial charge on any atom is -0.458 e. The van der Waals surface area contributed by atoms with Gasteiger partial charge in [0.1, 0.15) is 5.60 Å². The van der Waals surface area contributed by atoms with E-state index in [1.165, 1.54) is 18.1 Å². The Morgan fingerprint density at radius 3 is 2.68 bits per heavy atom. The lowest BCUT2D eigenvalue weighted by molar-refractivity contribution is -0.162. The number of carbonyl (C=O) groups is 3. The summed E-state index contributed by atoms with van der Waals surface area (Å²) in [5.74, 6) is -0.0813. The predicted octanol–water partition coefficient (Wildman–Crippen LogP) is 3.30. The molecule has 0 amide bonds. The molecule has 2 fully saturated rings. The molecule has 0 aromatic heterocycles. The molecule has 1 N–H and O–H groups in total. The third-order valence-electron chi connectivity index (χ3n) is 8.36. The number of aliphatic hydroxyl groups is 1. The van der Waals surface area contributed by atoms with E-state index in [0.29, 0.717) is 25.2 Å². The molecule has 2 unspecified atom stereocenters. The van der Waals surface area contributed by atoms with Crippen LogP contribution in [0, 0.1) is 22.7 Å². The van der Waals surface area contributed by atoms with Crippen LogP contribution in [-0.2, 0) is 19.1 Å². The van der Waals surface area contributed by atoms with Crippen molar-refractivity contribution < 1.29 is 24.2 Å². The fourth-order valence-electron chi connectivity index (χ4n) is 6.61. The molecule has 0 heterocycles. The second kappa shape index (κ2) is 6.38. The Bertz CT molecular complexity index is 808. The van der Waals surface area contributed by atoms with Crippen LogP contribution in [0.4, 0.5) is 0 Å². The molecule has 0 radical (unpaired) electrons. The number of fused-ring (bicyclic) bond motifs is 5. The highest BCUT2D eigenvalue weighted by molar-refractivity contribution is 5.92. The Hall–Kier alpha value is -1.75. The van der Waals surface area contributed by atoms with Crippen LogP contribution in [0.2, 0.25) is 0 Å². The van der Waals surface area contributed by atoms with Gasteiger partial charge in [0, 0.05) is 24.2 Å². The zero-order valence-electron chi connectivity index (χ0n) is 17.0. The normalized spacial score (nSPS) is 41.9. The second-order valence-electron chi connectivity index (χ2n) is 9.60. The van der Waals surface area contributed by atoms with Crippen LogP contribution < -0.4 is 0 Å². The number of carbonyl (C=O) groups excluding carboxylic acids is 3. The maximum Gasteiger partial charge on any atom is 0.303 e. The third-order valence-corrected chi connectivity index (χ3v) is 8.36. The molecule has 4 aliphatic carbocycles. The standard InChI is InChI=1S/C23H30O5/c1-14(24)28-13-20(26)23(27)11-8-19-17-5-4-15-12-16(25)6-9-21(15,2)18(17)7-10-22(19,23)3/h7,12,17,19,27H,4-6,8-11,13H2,1-3H3/t17?,19?,21-,22+,23-/m1/s1. The van der Waals surface area contributed by atoms with Crippen LogP contribution in [0.25, 0.3) is 0 Å². The van der Waals surface area contributed by atoms with Gasteiger partial charge in [0.15, 0.2) is 12.4 Å². The number of hydrogen-bond donors (Lipinski definition) is 1. The van der Waals surface area contributed by atoms with Crippen molar-refractivity contribution >= 4 is 17.5 Å². The first-order valence-corrected chi connectivity index (χ1v) is 10.5. The maximum absolute atomic E-state index is 12.8. The van der Waals surface area contributed by atoms with E-state index >= 15 is 0 Å². The summed E-state index contributed by atoms with van der Waals surface area (Å²) in [6.07, 6.45) is 9.31. The van der Waals surface area contributed by atoms with Gasteiger partial charge in [-0.25, -0.2) is 0 Å². The summed E-state index contributed by atoms with van der Waals surface area (Å²) in [5, 5.41) is 11.4. The molecule has 4 aliphatic rings. The van der Waals surface area contributed by atoms with Crippen molar-refractivity contribution in [1.82, 2.24) is 0 Å². The van der Waals surface area contributed by atoms with E-state index < -0.39 is 17.0 Å². The number of esters is 1. The maximum atomic E-state index is 12.8. The van der Waals surface area contributed by atoms with Crippen molar-refractivity contribution in [3.05, 3.63) is 23.3 Å². The Morgan fingerprint density at radius 2 is 1.96 bits per heavy atom. The number of rotatable bonds is 3. The summed E-state index contributed by atoms with van der Waals surface area (Å²) < 4.78 is 4.91. The number of ketones is 2. The smallest absolute Gasteiger partial charge is 0.303 e. The lowest BCUT2D eigenvalue weighted by atomic mass is 9.50. The molecule has 2 saturated carbocycles. The van der Waals surface area contributed by atoms with Gasteiger partial charge in [0.05, 0.1) is 0 Å². The Balaban J connectivity index is 1.66. The van der Waals surface area contributed by atoms with Crippen molar-refractivity contribution in [3.8, 4) is 0 Å². The van der Waals surface area contributed by atoms with Gasteiger partial charge in [-0.05, 0) is 56.4 Å². The van der Waals surface area contributed by atoms with Gasteiger partial charge in [0.2, 0.25) is 5.78 Å². The summed E-state index contributed by atoms with van der Waals surface area (Å²) in [5.41, 5.74) is 0.626. The molecular formula is C23H30O5. The van der Waals surface area contributed by atoms with Gasteiger partial charge >= 0.3 is 5.97 Å². The van der Waals surface area contributed by atoms with Crippen molar-refractivity contribution in [2.24, 2.45) is 22.7 Å². The van der Waals surface area contributed by atoms with Crippen LogP contribution in [0.15, 0.2) is 23.3 Å². The lowest BCUT2D eigenvalue weighted by Gasteiger charge is -2.54. The number of allylic oxidation sites excluding steroid dienone is 4. The number of hydrogen-bond acceptors (Lipinski definition) is 5. The summed E-state index contributed by atoms with van der Waals surface area (Å²) in [6.45, 7) is 5.21. The second-order valence-corrected chi connectivity index (χ2v) is 9.60. The van der Waals surface area contributed by atoms with Gasteiger partial charge in [-0.15, -0.1) is 0 Å². The lowest BCUT2D eigenvalue weighted by Crippen LogP contribution is -2.55. The molecule has 4 rings (SSSR count). The molecule has 28 heavy (non-hydrogen) atoms. The first-order chi connectivity index (χ1) is 13.1. The molecule has 152 valence electrons. The Labute approximate surface area is 166 Å². The highest BCUT2D eigenvalue weighted by Crippen LogP contribution is 2.65. The molecule has 5 nitrogen and oxygen atoms in total. The highest BCUT2D eigenvalue weighted by atomic mass is 16.5. The van der Waals surface area contributed by atoms with Crippen LogP contribution in [-0.4, -0.2) is 34.9 Å². The molecular weight excluding hydrogens is 356 g/mol. The summed E-state index contributed by atoms with van der Waals surface area (Å²) in [6, 6.07) is 0. The van der Waals surface area contributed by atoms with Crippen LogP contribution in [0.3, 0.4) is 0 Å². The van der Waals surface area contributed by atoms with E-state index in [-0.39, 0.29) is 29.5 Å². The van der Waals surface area contributed by atoms with E-state index in [1.807, 2.05) is 13.0 Å². The predicted molar refractivity (Wildman–Crippen MR) is 103 cm³/mol. The molecule has 0 spiro atoms. The van der Waals surface area contributed by atoms with Crippen LogP contribution >= 0.6 is 0 Å². The molecule has 5 heteroatoms. The van der Waals surface area contributed by atoms with Crippen molar-refractivity contribution in [2.45, 2.75) is 71.3 Å². The van der Waals surface area contributed by atoms with Gasteiger partial charge < -0.3 is 9.84 Å². The van der Waals surface area contributed by atoms with E-state index in [1.54, 1.807) is 0 Å². The van der Waals surface area contributed by atoms with Gasteiger partial charge in [-0.1, -0.05) is 31.1 Å². The van der Waals surface area contributed by atoms with Crippen molar-refractivity contribution in [1.29, 1.82) is 0 Å².